The maximum atomic E-state index is 13.8. The number of hydrazine groups is 1. The number of benzene rings is 1. The molecule has 3 N–H and O–H groups in total. The van der Waals surface area contributed by atoms with Crippen LogP contribution in [-0.2, 0) is 6.42 Å². The summed E-state index contributed by atoms with van der Waals surface area (Å²) in [5.41, 5.74) is 4.02. The molecule has 0 saturated heterocycles. The van der Waals surface area contributed by atoms with Crippen LogP contribution in [0.15, 0.2) is 36.7 Å². The number of methoxy groups -OCH3 is 1. The zero-order valence-corrected chi connectivity index (χ0v) is 11.7. The van der Waals surface area contributed by atoms with E-state index in [-0.39, 0.29) is 11.9 Å². The van der Waals surface area contributed by atoms with Gasteiger partial charge in [0.2, 0.25) is 0 Å². The van der Waals surface area contributed by atoms with Crippen LogP contribution < -0.4 is 16.0 Å². The van der Waals surface area contributed by atoms with Crippen LogP contribution in [0.5, 0.6) is 5.75 Å². The molecule has 0 bridgehead atoms. The molecule has 0 amide bonds. The van der Waals surface area contributed by atoms with Crippen LogP contribution in [0.25, 0.3) is 0 Å². The van der Waals surface area contributed by atoms with Crippen LogP contribution >= 0.6 is 11.6 Å². The fourth-order valence-electron chi connectivity index (χ4n) is 2.01. The van der Waals surface area contributed by atoms with Gasteiger partial charge in [-0.05, 0) is 30.2 Å². The van der Waals surface area contributed by atoms with E-state index in [0.717, 1.165) is 5.56 Å². The van der Waals surface area contributed by atoms with Gasteiger partial charge in [-0.3, -0.25) is 16.3 Å². The Bertz CT molecular complexity index is 594. The molecular weight excluding hydrogens is 281 g/mol. The third kappa shape index (κ3) is 3.25. The molecule has 0 fully saturated rings. The summed E-state index contributed by atoms with van der Waals surface area (Å²) in [4.78, 5) is 3.98. The third-order valence-corrected chi connectivity index (χ3v) is 3.29. The molecule has 0 aliphatic carbocycles. The second kappa shape index (κ2) is 6.65. The van der Waals surface area contributed by atoms with Crippen molar-refractivity contribution in [2.24, 2.45) is 5.84 Å². The Morgan fingerprint density at radius 1 is 1.45 bits per heavy atom. The van der Waals surface area contributed by atoms with E-state index in [9.17, 15) is 4.39 Å². The summed E-state index contributed by atoms with van der Waals surface area (Å²) in [6, 6.07) is 6.09. The van der Waals surface area contributed by atoms with Gasteiger partial charge in [0.1, 0.15) is 11.6 Å². The van der Waals surface area contributed by atoms with Crippen molar-refractivity contribution in [3.05, 3.63) is 58.6 Å². The Labute approximate surface area is 121 Å². The highest BCUT2D eigenvalue weighted by Crippen LogP contribution is 2.27. The standard InChI is InChI=1S/C14H15ClFN3O/c1-20-14-8-18-5-4-11(14)13(19-17)6-9-2-3-10(15)7-12(9)16/h2-5,7-8,13,19H,6,17H2,1H3. The van der Waals surface area contributed by atoms with Gasteiger partial charge in [0.05, 0.1) is 19.3 Å². The highest BCUT2D eigenvalue weighted by atomic mass is 35.5. The number of nitrogens with two attached hydrogens (primary N) is 1. The molecule has 1 heterocycles. The molecule has 0 spiro atoms. The molecule has 0 aliphatic rings. The first-order valence-corrected chi connectivity index (χ1v) is 6.41. The monoisotopic (exact) mass is 295 g/mol. The molecule has 1 aromatic heterocycles. The second-order valence-corrected chi connectivity index (χ2v) is 4.71. The molecule has 20 heavy (non-hydrogen) atoms. The molecule has 0 aliphatic heterocycles. The molecule has 4 nitrogen and oxygen atoms in total. The van der Waals surface area contributed by atoms with Crippen molar-refractivity contribution in [2.75, 3.05) is 7.11 Å². The van der Waals surface area contributed by atoms with Gasteiger partial charge < -0.3 is 4.74 Å². The van der Waals surface area contributed by atoms with E-state index in [1.54, 1.807) is 37.7 Å². The average Bonchev–Trinajstić information content (AvgIpc) is 2.46. The number of pyridine rings is 1. The van der Waals surface area contributed by atoms with Gasteiger partial charge in [-0.2, -0.15) is 0 Å². The minimum Gasteiger partial charge on any atom is -0.495 e. The first kappa shape index (κ1) is 14.7. The van der Waals surface area contributed by atoms with E-state index in [1.165, 1.54) is 6.07 Å². The van der Waals surface area contributed by atoms with Crippen molar-refractivity contribution >= 4 is 11.6 Å². The smallest absolute Gasteiger partial charge is 0.141 e. The number of nitrogens with one attached hydrogen (secondary N) is 1. The topological polar surface area (TPSA) is 60.2 Å². The Morgan fingerprint density at radius 3 is 2.90 bits per heavy atom. The predicted octanol–water partition coefficient (Wildman–Crippen LogP) is 2.63. The molecule has 1 aromatic carbocycles. The molecule has 1 atom stereocenters. The zero-order valence-electron chi connectivity index (χ0n) is 10.9. The third-order valence-electron chi connectivity index (χ3n) is 3.05. The summed E-state index contributed by atoms with van der Waals surface area (Å²) in [6.07, 6.45) is 3.61. The minimum absolute atomic E-state index is 0.288. The molecular formula is C14H15ClFN3O. The summed E-state index contributed by atoms with van der Waals surface area (Å²) in [6.45, 7) is 0. The summed E-state index contributed by atoms with van der Waals surface area (Å²) < 4.78 is 19.1. The number of aromatic nitrogens is 1. The van der Waals surface area contributed by atoms with Crippen LogP contribution in [0.4, 0.5) is 4.39 Å². The summed E-state index contributed by atoms with van der Waals surface area (Å²) >= 11 is 5.74. The lowest BCUT2D eigenvalue weighted by molar-refractivity contribution is 0.396. The molecule has 0 saturated carbocycles. The normalized spacial score (nSPS) is 12.2. The minimum atomic E-state index is -0.356. The molecule has 106 valence electrons. The van der Waals surface area contributed by atoms with E-state index in [2.05, 4.69) is 10.4 Å². The van der Waals surface area contributed by atoms with Gasteiger partial charge in [0.15, 0.2) is 0 Å². The van der Waals surface area contributed by atoms with E-state index < -0.39 is 0 Å². The number of ether oxygens (including phenoxy) is 1. The van der Waals surface area contributed by atoms with E-state index in [0.29, 0.717) is 22.8 Å². The molecule has 2 rings (SSSR count). The van der Waals surface area contributed by atoms with E-state index in [1.807, 2.05) is 0 Å². The van der Waals surface area contributed by atoms with Gasteiger partial charge in [-0.25, -0.2) is 4.39 Å². The lowest BCUT2D eigenvalue weighted by Crippen LogP contribution is -2.30. The number of hydrogen-bond donors (Lipinski definition) is 2. The fourth-order valence-corrected chi connectivity index (χ4v) is 2.17. The van der Waals surface area contributed by atoms with E-state index in [4.69, 9.17) is 22.2 Å². The van der Waals surface area contributed by atoms with Crippen molar-refractivity contribution in [2.45, 2.75) is 12.5 Å². The highest BCUT2D eigenvalue weighted by molar-refractivity contribution is 6.30. The first-order chi connectivity index (χ1) is 9.65. The number of halogens is 2. The molecule has 1 unspecified atom stereocenters. The van der Waals surface area contributed by atoms with Crippen LogP contribution in [0, 0.1) is 5.82 Å². The number of hydrogen-bond acceptors (Lipinski definition) is 4. The van der Waals surface area contributed by atoms with Crippen LogP contribution in [-0.4, -0.2) is 12.1 Å². The summed E-state index contributed by atoms with van der Waals surface area (Å²) in [5, 5.41) is 0.366. The maximum Gasteiger partial charge on any atom is 0.141 e. The first-order valence-electron chi connectivity index (χ1n) is 6.03. The van der Waals surface area contributed by atoms with Crippen molar-refractivity contribution in [3.8, 4) is 5.75 Å². The van der Waals surface area contributed by atoms with Crippen molar-refractivity contribution in [3.63, 3.8) is 0 Å². The van der Waals surface area contributed by atoms with Gasteiger partial charge in [0.25, 0.3) is 0 Å². The maximum absolute atomic E-state index is 13.8. The Hall–Kier alpha value is -1.69. The van der Waals surface area contributed by atoms with Crippen molar-refractivity contribution in [1.29, 1.82) is 0 Å². The zero-order chi connectivity index (χ0) is 14.5. The summed E-state index contributed by atoms with van der Waals surface area (Å²) in [7, 11) is 1.55. The van der Waals surface area contributed by atoms with Crippen molar-refractivity contribution in [1.82, 2.24) is 10.4 Å². The van der Waals surface area contributed by atoms with Gasteiger partial charge in [-0.15, -0.1) is 0 Å². The molecule has 2 aromatic rings. The second-order valence-electron chi connectivity index (χ2n) is 4.28. The van der Waals surface area contributed by atoms with Crippen LogP contribution in [0.3, 0.4) is 0 Å². The number of rotatable bonds is 5. The SMILES string of the molecule is COc1cnccc1C(Cc1ccc(Cl)cc1F)NN. The van der Waals surface area contributed by atoms with E-state index >= 15 is 0 Å². The fraction of sp³-hybridized carbons (Fsp3) is 0.214. The Balaban J connectivity index is 2.29. The van der Waals surface area contributed by atoms with Crippen LogP contribution in [0.1, 0.15) is 17.2 Å². The van der Waals surface area contributed by atoms with Crippen molar-refractivity contribution < 1.29 is 9.13 Å². The lowest BCUT2D eigenvalue weighted by Gasteiger charge is -2.19. The van der Waals surface area contributed by atoms with Gasteiger partial charge in [-0.1, -0.05) is 17.7 Å². The summed E-state index contributed by atoms with van der Waals surface area (Å²) in [5.74, 6) is 5.83. The van der Waals surface area contributed by atoms with Gasteiger partial charge in [0, 0.05) is 16.8 Å². The Kier molecular flexibility index (Phi) is 4.89. The molecule has 0 radical (unpaired) electrons. The van der Waals surface area contributed by atoms with Crippen LogP contribution in [0.2, 0.25) is 5.02 Å². The lowest BCUT2D eigenvalue weighted by atomic mass is 9.99. The predicted molar refractivity (Wildman–Crippen MR) is 76.0 cm³/mol. The number of nitrogens with zero attached hydrogens (tertiary/aromatic N) is 1. The Morgan fingerprint density at radius 2 is 2.25 bits per heavy atom. The molecule has 6 heteroatoms. The van der Waals surface area contributed by atoms with Gasteiger partial charge >= 0.3 is 0 Å². The quantitative estimate of drug-likeness (QED) is 0.657. The largest absolute Gasteiger partial charge is 0.495 e. The average molecular weight is 296 g/mol. The highest BCUT2D eigenvalue weighted by Gasteiger charge is 2.17.